The van der Waals surface area contributed by atoms with Crippen molar-refractivity contribution in [2.75, 3.05) is 0 Å². The molecule has 0 aliphatic rings. The number of hydrogen-bond donors (Lipinski definition) is 0. The average molecular weight is 272 g/mol. The Morgan fingerprint density at radius 3 is 2.53 bits per heavy atom. The molecule has 2 rings (SSSR count). The average Bonchev–Trinajstić information content (AvgIpc) is 2.80. The van der Waals surface area contributed by atoms with Crippen LogP contribution in [0.3, 0.4) is 0 Å². The summed E-state index contributed by atoms with van der Waals surface area (Å²) in [6, 6.07) is 3.26. The molecule has 6 heteroatoms. The van der Waals surface area contributed by atoms with E-state index in [2.05, 4.69) is 0 Å². The molecule has 0 unspecified atom stereocenters. The molecule has 2 nitrogen and oxygen atoms in total. The molecule has 19 heavy (non-hydrogen) atoms. The van der Waals surface area contributed by atoms with Crippen LogP contribution in [0, 0.1) is 5.82 Å². The molecular formula is C13H8F4O2. The molecule has 0 bridgehead atoms. The van der Waals surface area contributed by atoms with Crippen molar-refractivity contribution in [3.05, 3.63) is 59.3 Å². The number of halogens is 4. The Morgan fingerprint density at radius 1 is 1.21 bits per heavy atom. The lowest BCUT2D eigenvalue weighted by molar-refractivity contribution is -0.137. The second-order valence-electron chi connectivity index (χ2n) is 3.92. The van der Waals surface area contributed by atoms with Gasteiger partial charge in [0.15, 0.2) is 5.78 Å². The van der Waals surface area contributed by atoms with Crippen LogP contribution in [0.15, 0.2) is 41.2 Å². The molecule has 1 aromatic heterocycles. The molecule has 100 valence electrons. The van der Waals surface area contributed by atoms with Crippen molar-refractivity contribution in [1.82, 2.24) is 0 Å². The van der Waals surface area contributed by atoms with E-state index in [4.69, 9.17) is 4.42 Å². The summed E-state index contributed by atoms with van der Waals surface area (Å²) in [5.41, 5.74) is -1.15. The van der Waals surface area contributed by atoms with Gasteiger partial charge in [-0.15, -0.1) is 0 Å². The maximum absolute atomic E-state index is 13.4. The number of Topliss-reactive ketones (excluding diaryl/α,β-unsaturated/α-hetero) is 1. The van der Waals surface area contributed by atoms with Crippen molar-refractivity contribution in [1.29, 1.82) is 0 Å². The number of carbonyl (C=O) groups is 1. The summed E-state index contributed by atoms with van der Waals surface area (Å²) in [5.74, 6) is -1.70. The number of carbonyl (C=O) groups excluding carboxylic acids is 1. The van der Waals surface area contributed by atoms with Crippen LogP contribution in [0.4, 0.5) is 17.6 Å². The molecule has 0 spiro atoms. The van der Waals surface area contributed by atoms with Gasteiger partial charge >= 0.3 is 6.18 Å². The molecule has 0 saturated heterocycles. The molecule has 0 fully saturated rings. The van der Waals surface area contributed by atoms with E-state index in [1.54, 1.807) is 0 Å². The number of alkyl halides is 3. The first kappa shape index (κ1) is 13.3. The van der Waals surface area contributed by atoms with E-state index in [0.29, 0.717) is 23.8 Å². The monoisotopic (exact) mass is 272 g/mol. The molecule has 1 aromatic carbocycles. The first-order valence-electron chi connectivity index (χ1n) is 5.29. The summed E-state index contributed by atoms with van der Waals surface area (Å²) in [4.78, 5) is 11.8. The van der Waals surface area contributed by atoms with E-state index in [0.717, 1.165) is 0 Å². The van der Waals surface area contributed by atoms with Crippen LogP contribution in [0.1, 0.15) is 21.5 Å². The smallest absolute Gasteiger partial charge is 0.416 e. The minimum absolute atomic E-state index is 0.214. The Hall–Kier alpha value is -2.11. The zero-order valence-electron chi connectivity index (χ0n) is 9.50. The van der Waals surface area contributed by atoms with Crippen molar-refractivity contribution in [3.63, 3.8) is 0 Å². The summed E-state index contributed by atoms with van der Waals surface area (Å²) in [6.45, 7) is 0. The van der Waals surface area contributed by atoms with E-state index in [1.807, 2.05) is 0 Å². The van der Waals surface area contributed by atoms with Crippen LogP contribution in [0.25, 0.3) is 0 Å². The maximum Gasteiger partial charge on any atom is 0.416 e. The number of furan rings is 1. The van der Waals surface area contributed by atoms with Gasteiger partial charge in [0.2, 0.25) is 0 Å². The minimum atomic E-state index is -4.61. The van der Waals surface area contributed by atoms with Gasteiger partial charge in [-0.05, 0) is 29.8 Å². The topological polar surface area (TPSA) is 30.2 Å². The second-order valence-corrected chi connectivity index (χ2v) is 3.92. The highest BCUT2D eigenvalue weighted by molar-refractivity contribution is 5.97. The van der Waals surface area contributed by atoms with E-state index in [1.165, 1.54) is 18.6 Å². The third kappa shape index (κ3) is 3.01. The predicted molar refractivity (Wildman–Crippen MR) is 58.1 cm³/mol. The summed E-state index contributed by atoms with van der Waals surface area (Å²) in [5, 5.41) is 0. The highest BCUT2D eigenvalue weighted by Crippen LogP contribution is 2.30. The predicted octanol–water partition coefficient (Wildman–Crippen LogP) is 3.86. The third-order valence-electron chi connectivity index (χ3n) is 2.54. The number of benzene rings is 1. The molecule has 2 aromatic rings. The van der Waals surface area contributed by atoms with Crippen molar-refractivity contribution in [2.45, 2.75) is 12.6 Å². The maximum atomic E-state index is 13.4. The van der Waals surface area contributed by atoms with E-state index >= 15 is 0 Å². The largest absolute Gasteiger partial charge is 0.472 e. The molecule has 0 aliphatic heterocycles. The SMILES string of the molecule is O=C(Cc1ccoc1)c1cc(C(F)(F)F)ccc1F. The normalized spacial score (nSPS) is 11.6. The Balaban J connectivity index is 2.31. The highest BCUT2D eigenvalue weighted by Gasteiger charge is 2.31. The minimum Gasteiger partial charge on any atom is -0.472 e. The fraction of sp³-hybridized carbons (Fsp3) is 0.154. The number of rotatable bonds is 3. The van der Waals surface area contributed by atoms with Gasteiger partial charge < -0.3 is 4.42 Å². The summed E-state index contributed by atoms with van der Waals surface area (Å²) in [7, 11) is 0. The number of hydrogen-bond acceptors (Lipinski definition) is 2. The van der Waals surface area contributed by atoms with Crippen molar-refractivity contribution in [3.8, 4) is 0 Å². The van der Waals surface area contributed by atoms with Gasteiger partial charge in [-0.3, -0.25) is 4.79 Å². The van der Waals surface area contributed by atoms with Gasteiger partial charge in [-0.2, -0.15) is 13.2 Å². The Kier molecular flexibility index (Phi) is 3.42. The summed E-state index contributed by atoms with van der Waals surface area (Å²) < 4.78 is 55.6. The van der Waals surface area contributed by atoms with E-state index in [9.17, 15) is 22.4 Å². The summed E-state index contributed by atoms with van der Waals surface area (Å²) >= 11 is 0. The molecule has 0 atom stereocenters. The van der Waals surface area contributed by atoms with Crippen LogP contribution in [0.2, 0.25) is 0 Å². The Morgan fingerprint density at radius 2 is 1.95 bits per heavy atom. The zero-order chi connectivity index (χ0) is 14.0. The van der Waals surface area contributed by atoms with E-state index < -0.39 is 28.9 Å². The van der Waals surface area contributed by atoms with Gasteiger partial charge in [-0.1, -0.05) is 0 Å². The fourth-order valence-corrected chi connectivity index (χ4v) is 1.59. The quantitative estimate of drug-likeness (QED) is 0.627. The Labute approximate surface area is 105 Å². The molecule has 0 aliphatic carbocycles. The van der Waals surface area contributed by atoms with Gasteiger partial charge in [0, 0.05) is 6.42 Å². The van der Waals surface area contributed by atoms with Gasteiger partial charge in [0.05, 0.1) is 23.7 Å². The first-order valence-corrected chi connectivity index (χ1v) is 5.29. The standard InChI is InChI=1S/C13H8F4O2/c14-11-2-1-9(13(15,16)17)6-10(11)12(18)5-8-3-4-19-7-8/h1-4,6-7H,5H2. The Bertz CT molecular complexity index is 585. The fourth-order valence-electron chi connectivity index (χ4n) is 1.59. The van der Waals surface area contributed by atoms with Crippen LogP contribution >= 0.6 is 0 Å². The first-order chi connectivity index (χ1) is 8.88. The lowest BCUT2D eigenvalue weighted by Gasteiger charge is -2.08. The van der Waals surface area contributed by atoms with Crippen LogP contribution < -0.4 is 0 Å². The lowest BCUT2D eigenvalue weighted by atomic mass is 10.0. The molecule has 0 N–H and O–H groups in total. The molecule has 0 saturated carbocycles. The lowest BCUT2D eigenvalue weighted by Crippen LogP contribution is -2.10. The highest BCUT2D eigenvalue weighted by atomic mass is 19.4. The van der Waals surface area contributed by atoms with Gasteiger partial charge in [0.1, 0.15) is 5.82 Å². The zero-order valence-corrected chi connectivity index (χ0v) is 9.50. The van der Waals surface area contributed by atoms with Crippen molar-refractivity contribution in [2.24, 2.45) is 0 Å². The van der Waals surface area contributed by atoms with Gasteiger partial charge in [0.25, 0.3) is 0 Å². The third-order valence-corrected chi connectivity index (χ3v) is 2.54. The molecule has 0 radical (unpaired) electrons. The van der Waals surface area contributed by atoms with Crippen molar-refractivity contribution < 1.29 is 26.8 Å². The van der Waals surface area contributed by atoms with Crippen molar-refractivity contribution >= 4 is 5.78 Å². The molecular weight excluding hydrogens is 264 g/mol. The van der Waals surface area contributed by atoms with Crippen LogP contribution in [-0.2, 0) is 12.6 Å². The molecule has 0 amide bonds. The second kappa shape index (κ2) is 4.87. The summed E-state index contributed by atoms with van der Waals surface area (Å²) in [6.07, 6.45) is -2.22. The number of ketones is 1. The van der Waals surface area contributed by atoms with Crippen LogP contribution in [-0.4, -0.2) is 5.78 Å². The van der Waals surface area contributed by atoms with Gasteiger partial charge in [-0.25, -0.2) is 4.39 Å². The van der Waals surface area contributed by atoms with Crippen LogP contribution in [0.5, 0.6) is 0 Å². The molecule has 1 heterocycles. The van der Waals surface area contributed by atoms with E-state index in [-0.39, 0.29) is 6.42 Å².